The van der Waals surface area contributed by atoms with Crippen molar-refractivity contribution in [1.29, 1.82) is 5.26 Å². The van der Waals surface area contributed by atoms with Crippen LogP contribution in [0.5, 0.6) is 0 Å². The first kappa shape index (κ1) is 20.6. The lowest BCUT2D eigenvalue weighted by Gasteiger charge is -2.20. The number of benzene rings is 1. The van der Waals surface area contributed by atoms with Crippen LogP contribution in [0, 0.1) is 17.2 Å². The third-order valence-electron chi connectivity index (χ3n) is 5.69. The molecule has 0 saturated heterocycles. The van der Waals surface area contributed by atoms with E-state index in [0.717, 1.165) is 19.3 Å². The summed E-state index contributed by atoms with van der Waals surface area (Å²) in [6.45, 7) is 0.638. The first-order valence-corrected chi connectivity index (χ1v) is 10.2. The highest BCUT2D eigenvalue weighted by Crippen LogP contribution is 2.26. The maximum atomic E-state index is 12.8. The standard InChI is InChI=1S/C23H23N5O3/c1-31-14-18-3-2-4-20(18)27-22(29)17-9-10-21(25-12-17)28-23(30)19(13-26-28)16-7-5-15(11-24)6-8-16/h5-10,12-13,18,20,26H,2-4,14H2,1H3,(H,27,29)/t18-,20-/m1/s1. The monoisotopic (exact) mass is 417 g/mol. The molecule has 0 unspecified atom stereocenters. The van der Waals surface area contributed by atoms with Crippen molar-refractivity contribution in [3.8, 4) is 23.0 Å². The fraction of sp³-hybridized carbons (Fsp3) is 0.304. The van der Waals surface area contributed by atoms with Gasteiger partial charge in [-0.25, -0.2) is 9.67 Å². The number of amides is 1. The van der Waals surface area contributed by atoms with Crippen LogP contribution in [0.25, 0.3) is 16.9 Å². The largest absolute Gasteiger partial charge is 0.384 e. The molecule has 0 radical (unpaired) electrons. The van der Waals surface area contributed by atoms with Crippen LogP contribution in [0.2, 0.25) is 0 Å². The summed E-state index contributed by atoms with van der Waals surface area (Å²) in [7, 11) is 1.68. The SMILES string of the molecule is COC[C@H]1CCC[C@H]1NC(=O)c1ccc(-n2[nH]cc(-c3ccc(C#N)cc3)c2=O)nc1. The minimum atomic E-state index is -0.261. The van der Waals surface area contributed by atoms with Gasteiger partial charge in [-0.1, -0.05) is 18.6 Å². The van der Waals surface area contributed by atoms with Gasteiger partial charge < -0.3 is 10.1 Å². The second-order valence-electron chi connectivity index (χ2n) is 7.65. The normalized spacial score (nSPS) is 17.9. The number of nitrogens with one attached hydrogen (secondary N) is 2. The number of nitrogens with zero attached hydrogens (tertiary/aromatic N) is 3. The van der Waals surface area contributed by atoms with Crippen LogP contribution in [-0.2, 0) is 4.74 Å². The van der Waals surface area contributed by atoms with E-state index >= 15 is 0 Å². The molecule has 1 amide bonds. The van der Waals surface area contributed by atoms with Crippen LogP contribution in [0.1, 0.15) is 35.2 Å². The van der Waals surface area contributed by atoms with E-state index in [0.29, 0.717) is 40.6 Å². The van der Waals surface area contributed by atoms with E-state index in [-0.39, 0.29) is 17.5 Å². The molecule has 8 heteroatoms. The van der Waals surface area contributed by atoms with Crippen molar-refractivity contribution in [2.24, 2.45) is 5.92 Å². The van der Waals surface area contributed by atoms with E-state index in [1.165, 1.54) is 10.9 Å². The number of nitriles is 1. The number of rotatable bonds is 6. The molecule has 0 bridgehead atoms. The van der Waals surface area contributed by atoms with Crippen LogP contribution in [0.4, 0.5) is 0 Å². The van der Waals surface area contributed by atoms with Gasteiger partial charge in [0.15, 0.2) is 5.82 Å². The van der Waals surface area contributed by atoms with Gasteiger partial charge in [0.2, 0.25) is 0 Å². The fourth-order valence-corrected chi connectivity index (χ4v) is 4.02. The van der Waals surface area contributed by atoms with E-state index in [1.54, 1.807) is 49.7 Å². The zero-order valence-corrected chi connectivity index (χ0v) is 17.2. The maximum Gasteiger partial charge on any atom is 0.280 e. The molecule has 31 heavy (non-hydrogen) atoms. The third-order valence-corrected chi connectivity index (χ3v) is 5.69. The van der Waals surface area contributed by atoms with Crippen molar-refractivity contribution in [2.45, 2.75) is 25.3 Å². The van der Waals surface area contributed by atoms with Gasteiger partial charge in [-0.05, 0) is 42.7 Å². The van der Waals surface area contributed by atoms with Gasteiger partial charge in [-0.2, -0.15) is 5.26 Å². The molecule has 2 N–H and O–H groups in total. The Labute approximate surface area is 179 Å². The third kappa shape index (κ3) is 4.27. The van der Waals surface area contributed by atoms with Crippen molar-refractivity contribution in [3.05, 3.63) is 70.3 Å². The van der Waals surface area contributed by atoms with Gasteiger partial charge in [0.1, 0.15) is 0 Å². The van der Waals surface area contributed by atoms with Crippen LogP contribution >= 0.6 is 0 Å². The van der Waals surface area contributed by atoms with Crippen molar-refractivity contribution >= 4 is 5.91 Å². The fourth-order valence-electron chi connectivity index (χ4n) is 4.02. The van der Waals surface area contributed by atoms with Crippen LogP contribution < -0.4 is 10.9 Å². The number of hydrogen-bond donors (Lipinski definition) is 2. The average molecular weight is 417 g/mol. The number of aromatic amines is 1. The Morgan fingerprint density at radius 2 is 2.10 bits per heavy atom. The summed E-state index contributed by atoms with van der Waals surface area (Å²) in [5.74, 6) is 0.544. The first-order chi connectivity index (χ1) is 15.1. The summed E-state index contributed by atoms with van der Waals surface area (Å²) in [5.41, 5.74) is 1.89. The smallest absolute Gasteiger partial charge is 0.280 e. The predicted octanol–water partition coefficient (Wildman–Crippen LogP) is 2.64. The van der Waals surface area contributed by atoms with E-state index in [1.807, 2.05) is 0 Å². The molecule has 1 saturated carbocycles. The molecule has 1 aliphatic rings. The van der Waals surface area contributed by atoms with E-state index in [9.17, 15) is 9.59 Å². The summed E-state index contributed by atoms with van der Waals surface area (Å²) in [6.07, 6.45) is 6.14. The summed E-state index contributed by atoms with van der Waals surface area (Å²) in [5, 5.41) is 14.9. The quantitative estimate of drug-likeness (QED) is 0.640. The second kappa shape index (κ2) is 8.98. The zero-order valence-electron chi connectivity index (χ0n) is 17.2. The minimum absolute atomic E-state index is 0.105. The number of aromatic nitrogens is 3. The first-order valence-electron chi connectivity index (χ1n) is 10.2. The highest BCUT2D eigenvalue weighted by Gasteiger charge is 2.28. The van der Waals surface area contributed by atoms with Crippen LogP contribution in [0.15, 0.2) is 53.6 Å². The molecule has 1 fully saturated rings. The Morgan fingerprint density at radius 3 is 2.77 bits per heavy atom. The van der Waals surface area contributed by atoms with Crippen molar-refractivity contribution < 1.29 is 9.53 Å². The number of ether oxygens (including phenoxy) is 1. The molecule has 3 aromatic rings. The number of methoxy groups -OCH3 is 1. The molecule has 2 atom stereocenters. The number of pyridine rings is 1. The van der Waals surface area contributed by atoms with Crippen molar-refractivity contribution in [3.63, 3.8) is 0 Å². The summed E-state index contributed by atoms with van der Waals surface area (Å²) >= 11 is 0. The number of carbonyl (C=O) groups excluding carboxylic acids is 1. The Balaban J connectivity index is 1.49. The molecule has 2 aromatic heterocycles. The molecular formula is C23H23N5O3. The van der Waals surface area contributed by atoms with Gasteiger partial charge in [-0.15, -0.1) is 0 Å². The minimum Gasteiger partial charge on any atom is -0.384 e. The highest BCUT2D eigenvalue weighted by molar-refractivity contribution is 5.94. The molecule has 0 spiro atoms. The lowest BCUT2D eigenvalue weighted by molar-refractivity contribution is 0.0898. The van der Waals surface area contributed by atoms with Gasteiger partial charge in [0, 0.05) is 31.5 Å². The van der Waals surface area contributed by atoms with Gasteiger partial charge in [0.25, 0.3) is 11.5 Å². The van der Waals surface area contributed by atoms with Crippen molar-refractivity contribution in [1.82, 2.24) is 20.1 Å². The van der Waals surface area contributed by atoms with E-state index < -0.39 is 0 Å². The van der Waals surface area contributed by atoms with Gasteiger partial charge in [-0.3, -0.25) is 14.7 Å². The lowest BCUT2D eigenvalue weighted by atomic mass is 10.0. The molecule has 2 heterocycles. The Morgan fingerprint density at radius 1 is 1.29 bits per heavy atom. The Bertz CT molecular complexity index is 1160. The van der Waals surface area contributed by atoms with E-state index in [4.69, 9.17) is 10.00 Å². The number of hydrogen-bond acceptors (Lipinski definition) is 5. The van der Waals surface area contributed by atoms with Gasteiger partial charge in [0.05, 0.1) is 29.4 Å². The molecule has 1 aliphatic carbocycles. The average Bonchev–Trinajstić information content (AvgIpc) is 3.40. The number of H-pyrrole nitrogens is 1. The molecule has 1 aromatic carbocycles. The summed E-state index contributed by atoms with van der Waals surface area (Å²) in [6, 6.07) is 12.2. The highest BCUT2D eigenvalue weighted by atomic mass is 16.5. The molecular weight excluding hydrogens is 394 g/mol. The predicted molar refractivity (Wildman–Crippen MR) is 115 cm³/mol. The Hall–Kier alpha value is -3.70. The van der Waals surface area contributed by atoms with Gasteiger partial charge >= 0.3 is 0 Å². The summed E-state index contributed by atoms with van der Waals surface area (Å²) < 4.78 is 6.57. The molecule has 8 nitrogen and oxygen atoms in total. The molecule has 0 aliphatic heterocycles. The Kier molecular flexibility index (Phi) is 5.96. The second-order valence-corrected chi connectivity index (χ2v) is 7.65. The topological polar surface area (TPSA) is 113 Å². The van der Waals surface area contributed by atoms with E-state index in [2.05, 4.69) is 21.5 Å². The summed E-state index contributed by atoms with van der Waals surface area (Å²) in [4.78, 5) is 29.7. The molecule has 4 rings (SSSR count). The maximum absolute atomic E-state index is 12.8. The zero-order chi connectivity index (χ0) is 21.8. The van der Waals surface area contributed by atoms with Crippen molar-refractivity contribution in [2.75, 3.05) is 13.7 Å². The lowest BCUT2D eigenvalue weighted by Crippen LogP contribution is -2.38. The molecule has 158 valence electrons. The van der Waals surface area contributed by atoms with Crippen LogP contribution in [0.3, 0.4) is 0 Å². The number of carbonyl (C=O) groups is 1. The van der Waals surface area contributed by atoms with Crippen LogP contribution in [-0.4, -0.2) is 40.4 Å².